The van der Waals surface area contributed by atoms with Gasteiger partial charge in [0, 0.05) is 37.3 Å². The molecule has 1 aromatic carbocycles. The van der Waals surface area contributed by atoms with E-state index in [2.05, 4.69) is 29.0 Å². The molecule has 3 heterocycles. The third kappa shape index (κ3) is 4.09. The number of rotatable bonds is 4. The maximum absolute atomic E-state index is 11.9. The van der Waals surface area contributed by atoms with E-state index in [0.717, 1.165) is 55.9 Å². The number of halogens is 2. The SMILES string of the molecule is COc1ccc([C@@H]2[C@@H]3CN(c4nc5c(cc4C(=O)O)CCC5)C[C@@H]3CN2C)cc1.Cl.Cl. The zero-order valence-corrected chi connectivity index (χ0v) is 19.4. The van der Waals surface area contributed by atoms with Crippen LogP contribution in [0.2, 0.25) is 0 Å². The van der Waals surface area contributed by atoms with Crippen LogP contribution in [0, 0.1) is 11.8 Å². The Bertz CT molecular complexity index is 954. The summed E-state index contributed by atoms with van der Waals surface area (Å²) >= 11 is 0. The Morgan fingerprint density at radius 1 is 1.13 bits per heavy atom. The van der Waals surface area contributed by atoms with Gasteiger partial charge in [0.15, 0.2) is 0 Å². The molecule has 1 N–H and O–H groups in total. The molecule has 2 aromatic rings. The second kappa shape index (κ2) is 9.23. The molecule has 0 unspecified atom stereocenters. The Morgan fingerprint density at radius 3 is 2.55 bits per heavy atom. The zero-order valence-electron chi connectivity index (χ0n) is 17.8. The van der Waals surface area contributed by atoms with E-state index in [1.54, 1.807) is 7.11 Å². The lowest BCUT2D eigenvalue weighted by Crippen LogP contribution is -2.30. The van der Waals surface area contributed by atoms with Gasteiger partial charge in [0.25, 0.3) is 0 Å². The van der Waals surface area contributed by atoms with Gasteiger partial charge in [-0.1, -0.05) is 12.1 Å². The van der Waals surface area contributed by atoms with Crippen molar-refractivity contribution in [1.29, 1.82) is 0 Å². The number of likely N-dealkylation sites (tertiary alicyclic amines) is 1. The molecule has 3 atom stereocenters. The van der Waals surface area contributed by atoms with Crippen molar-refractivity contribution in [2.45, 2.75) is 25.3 Å². The lowest BCUT2D eigenvalue weighted by molar-refractivity contribution is 0.0697. The molecule has 1 aromatic heterocycles. The summed E-state index contributed by atoms with van der Waals surface area (Å²) in [5.41, 5.74) is 3.86. The number of methoxy groups -OCH3 is 1. The molecule has 2 fully saturated rings. The molecule has 0 saturated carbocycles. The molecule has 5 rings (SSSR count). The van der Waals surface area contributed by atoms with E-state index in [-0.39, 0.29) is 24.8 Å². The number of aromatic nitrogens is 1. The van der Waals surface area contributed by atoms with Gasteiger partial charge in [-0.2, -0.15) is 0 Å². The number of anilines is 1. The summed E-state index contributed by atoms with van der Waals surface area (Å²) < 4.78 is 5.31. The molecule has 0 spiro atoms. The number of hydrogen-bond donors (Lipinski definition) is 1. The normalized spacial score (nSPS) is 24.2. The number of ether oxygens (including phenoxy) is 1. The first kappa shape index (κ1) is 23.6. The van der Waals surface area contributed by atoms with E-state index in [9.17, 15) is 9.90 Å². The minimum atomic E-state index is -0.872. The van der Waals surface area contributed by atoms with Crippen molar-refractivity contribution in [2.75, 3.05) is 38.7 Å². The van der Waals surface area contributed by atoms with Crippen molar-refractivity contribution in [1.82, 2.24) is 9.88 Å². The average molecular weight is 466 g/mol. The number of aryl methyl sites for hydroxylation is 2. The van der Waals surface area contributed by atoms with Gasteiger partial charge >= 0.3 is 5.97 Å². The maximum atomic E-state index is 11.9. The number of pyridine rings is 1. The predicted molar refractivity (Wildman–Crippen MR) is 125 cm³/mol. The molecule has 31 heavy (non-hydrogen) atoms. The van der Waals surface area contributed by atoms with Gasteiger partial charge in [-0.15, -0.1) is 24.8 Å². The van der Waals surface area contributed by atoms with Gasteiger partial charge in [0.05, 0.1) is 7.11 Å². The molecule has 2 aliphatic heterocycles. The number of carboxylic acid groups (broad SMARTS) is 1. The standard InChI is InChI=1S/C23H27N3O3.2ClH/c1-25-11-16-12-26(13-19(16)21(25)14-6-8-17(29-2)9-7-14)22-18(23(27)28)10-15-4-3-5-20(15)24-22;;/h6-10,16,19,21H,3-5,11-13H2,1-2H3,(H,27,28);2*1H/t16-,19+,21+;;/m0../s1. The van der Waals surface area contributed by atoms with Crippen LogP contribution in [-0.4, -0.2) is 54.8 Å². The number of carboxylic acids is 1. The Balaban J connectivity index is 0.00000136. The fourth-order valence-electron chi connectivity index (χ4n) is 5.59. The van der Waals surface area contributed by atoms with E-state index in [1.165, 1.54) is 5.56 Å². The lowest BCUT2D eigenvalue weighted by atomic mass is 9.89. The summed E-state index contributed by atoms with van der Waals surface area (Å²) in [6.07, 6.45) is 2.97. The first-order valence-corrected chi connectivity index (χ1v) is 10.4. The number of fused-ring (bicyclic) bond motifs is 2. The molecule has 168 valence electrons. The summed E-state index contributed by atoms with van der Waals surface area (Å²) in [5.74, 6) is 1.65. The van der Waals surface area contributed by atoms with Crippen LogP contribution >= 0.6 is 24.8 Å². The molecular weight excluding hydrogens is 437 g/mol. The van der Waals surface area contributed by atoms with Crippen molar-refractivity contribution in [3.8, 4) is 5.75 Å². The van der Waals surface area contributed by atoms with Crippen molar-refractivity contribution < 1.29 is 14.6 Å². The minimum Gasteiger partial charge on any atom is -0.497 e. The van der Waals surface area contributed by atoms with Crippen LogP contribution in [0.5, 0.6) is 5.75 Å². The van der Waals surface area contributed by atoms with E-state index in [4.69, 9.17) is 9.72 Å². The number of hydrogen-bond acceptors (Lipinski definition) is 5. The second-order valence-electron chi connectivity index (χ2n) is 8.61. The average Bonchev–Trinajstić information content (AvgIpc) is 3.40. The van der Waals surface area contributed by atoms with Gasteiger partial charge in [-0.3, -0.25) is 4.90 Å². The van der Waals surface area contributed by atoms with E-state index in [0.29, 0.717) is 29.3 Å². The highest BCUT2D eigenvalue weighted by Gasteiger charge is 2.47. The summed E-state index contributed by atoms with van der Waals surface area (Å²) in [4.78, 5) is 21.4. The molecule has 2 saturated heterocycles. The Morgan fingerprint density at radius 2 is 1.87 bits per heavy atom. The van der Waals surface area contributed by atoms with E-state index < -0.39 is 5.97 Å². The molecule has 0 radical (unpaired) electrons. The van der Waals surface area contributed by atoms with Crippen molar-refractivity contribution in [2.24, 2.45) is 11.8 Å². The van der Waals surface area contributed by atoms with Crippen LogP contribution in [0.25, 0.3) is 0 Å². The van der Waals surface area contributed by atoms with Crippen LogP contribution in [0.15, 0.2) is 30.3 Å². The molecule has 0 amide bonds. The molecule has 6 nitrogen and oxygen atoms in total. The first-order valence-electron chi connectivity index (χ1n) is 10.4. The van der Waals surface area contributed by atoms with Crippen molar-refractivity contribution in [3.63, 3.8) is 0 Å². The molecule has 8 heteroatoms. The minimum absolute atomic E-state index is 0. The van der Waals surface area contributed by atoms with Crippen LogP contribution < -0.4 is 9.64 Å². The van der Waals surface area contributed by atoms with Gasteiger partial charge < -0.3 is 14.7 Å². The summed E-state index contributed by atoms with van der Waals surface area (Å²) in [5, 5.41) is 9.79. The fraction of sp³-hybridized carbons (Fsp3) is 0.478. The third-order valence-corrected chi connectivity index (χ3v) is 6.91. The summed E-state index contributed by atoms with van der Waals surface area (Å²) in [6, 6.07) is 10.6. The Hall–Kier alpha value is -2.02. The second-order valence-corrected chi connectivity index (χ2v) is 8.61. The lowest BCUT2D eigenvalue weighted by Gasteiger charge is -2.28. The maximum Gasteiger partial charge on any atom is 0.339 e. The van der Waals surface area contributed by atoms with Crippen LogP contribution in [0.4, 0.5) is 5.82 Å². The van der Waals surface area contributed by atoms with E-state index in [1.807, 2.05) is 18.2 Å². The number of benzene rings is 1. The zero-order chi connectivity index (χ0) is 20.1. The van der Waals surface area contributed by atoms with Gasteiger partial charge in [0.2, 0.25) is 0 Å². The smallest absolute Gasteiger partial charge is 0.339 e. The molecule has 0 bridgehead atoms. The topological polar surface area (TPSA) is 65.9 Å². The Labute approximate surface area is 195 Å². The van der Waals surface area contributed by atoms with Crippen LogP contribution in [0.3, 0.4) is 0 Å². The number of nitrogens with zero attached hydrogens (tertiary/aromatic N) is 3. The van der Waals surface area contributed by atoms with Gasteiger partial charge in [0.1, 0.15) is 17.1 Å². The largest absolute Gasteiger partial charge is 0.497 e. The monoisotopic (exact) mass is 465 g/mol. The fourth-order valence-corrected chi connectivity index (χ4v) is 5.59. The third-order valence-electron chi connectivity index (χ3n) is 6.91. The van der Waals surface area contributed by atoms with Crippen molar-refractivity contribution in [3.05, 3.63) is 52.7 Å². The highest BCUT2D eigenvalue weighted by Crippen LogP contribution is 2.45. The summed E-state index contributed by atoms with van der Waals surface area (Å²) in [6.45, 7) is 2.73. The van der Waals surface area contributed by atoms with Gasteiger partial charge in [-0.05, 0) is 61.6 Å². The summed E-state index contributed by atoms with van der Waals surface area (Å²) in [7, 11) is 3.87. The van der Waals surface area contributed by atoms with Crippen LogP contribution in [-0.2, 0) is 12.8 Å². The van der Waals surface area contributed by atoms with E-state index >= 15 is 0 Å². The Kier molecular flexibility index (Phi) is 7.04. The first-order chi connectivity index (χ1) is 14.0. The highest BCUT2D eigenvalue weighted by molar-refractivity contribution is 5.93. The van der Waals surface area contributed by atoms with Gasteiger partial charge in [-0.25, -0.2) is 9.78 Å². The van der Waals surface area contributed by atoms with Crippen molar-refractivity contribution >= 4 is 36.6 Å². The molecule has 1 aliphatic carbocycles. The van der Waals surface area contributed by atoms with Crippen LogP contribution in [0.1, 0.15) is 39.6 Å². The number of aromatic carboxylic acids is 1. The molecular formula is C23H29Cl2N3O3. The number of carbonyl (C=O) groups is 1. The predicted octanol–water partition coefficient (Wildman–Crippen LogP) is 3.86. The molecule has 3 aliphatic rings. The highest BCUT2D eigenvalue weighted by atomic mass is 35.5. The quantitative estimate of drug-likeness (QED) is 0.739.